The average Bonchev–Trinajstić information content (AvgIpc) is 2.39. The molecule has 1 rings (SSSR count). The third-order valence-electron chi connectivity index (χ3n) is 2.93. The number of rotatable bonds is 7. The molecule has 0 radical (unpaired) electrons. The molecule has 2 unspecified atom stereocenters. The highest BCUT2D eigenvalue weighted by Crippen LogP contribution is 2.15. The van der Waals surface area contributed by atoms with Crippen molar-refractivity contribution in [2.45, 2.75) is 39.3 Å². The molecule has 2 amide bonds. The van der Waals surface area contributed by atoms with E-state index in [0.29, 0.717) is 0 Å². The number of hydrogen-bond donors (Lipinski definition) is 3. The van der Waals surface area contributed by atoms with Crippen molar-refractivity contribution in [2.75, 3.05) is 16.8 Å². The summed E-state index contributed by atoms with van der Waals surface area (Å²) in [7, 11) is 0. The molecule has 0 aliphatic carbocycles. The Labute approximate surface area is 125 Å². The van der Waals surface area contributed by atoms with Gasteiger partial charge < -0.3 is 15.7 Å². The van der Waals surface area contributed by atoms with E-state index in [-0.39, 0.29) is 12.1 Å². The number of anilines is 1. The minimum Gasteiger partial charge on any atom is -0.389 e. The Bertz CT molecular complexity index is 407. The number of aliphatic hydroxyl groups is 1. The molecule has 3 N–H and O–H groups in total. The van der Waals surface area contributed by atoms with Crippen LogP contribution in [0.15, 0.2) is 24.3 Å². The van der Waals surface area contributed by atoms with Crippen LogP contribution in [0, 0.1) is 0 Å². The fourth-order valence-electron chi connectivity index (χ4n) is 1.71. The van der Waals surface area contributed by atoms with Gasteiger partial charge in [-0.25, -0.2) is 4.79 Å². The molecule has 0 saturated carbocycles. The van der Waals surface area contributed by atoms with Crippen LogP contribution in [0.25, 0.3) is 0 Å². The Balaban J connectivity index is 2.38. The van der Waals surface area contributed by atoms with Crippen molar-refractivity contribution in [3.8, 4) is 0 Å². The Morgan fingerprint density at radius 1 is 1.30 bits per heavy atom. The largest absolute Gasteiger partial charge is 0.389 e. The normalized spacial score (nSPS) is 13.6. The van der Waals surface area contributed by atoms with Gasteiger partial charge in [0.05, 0.1) is 6.10 Å². The molecule has 0 saturated heterocycles. The number of thioether (sulfide) groups is 1. The lowest BCUT2D eigenvalue weighted by molar-refractivity contribution is 0.199. The van der Waals surface area contributed by atoms with Crippen LogP contribution in [0.3, 0.4) is 0 Å². The van der Waals surface area contributed by atoms with Gasteiger partial charge >= 0.3 is 6.03 Å². The molecule has 20 heavy (non-hydrogen) atoms. The van der Waals surface area contributed by atoms with Crippen LogP contribution in [-0.2, 0) is 0 Å². The zero-order valence-electron chi connectivity index (χ0n) is 12.3. The first-order valence-electron chi connectivity index (χ1n) is 6.96. The fourth-order valence-corrected chi connectivity index (χ4v) is 2.52. The molecule has 1 aromatic carbocycles. The number of urea groups is 1. The van der Waals surface area contributed by atoms with Crippen molar-refractivity contribution in [1.82, 2.24) is 5.32 Å². The van der Waals surface area contributed by atoms with E-state index in [9.17, 15) is 9.90 Å². The number of nitrogens with one attached hydrogen (secondary N) is 2. The monoisotopic (exact) mass is 296 g/mol. The molecule has 0 bridgehead atoms. The molecule has 5 heteroatoms. The van der Waals surface area contributed by atoms with Gasteiger partial charge in [-0.15, -0.1) is 0 Å². The SMILES string of the molecule is CCSCCC(C)NC(=O)Nc1ccc(C(C)O)cc1. The van der Waals surface area contributed by atoms with Gasteiger partial charge in [-0.1, -0.05) is 19.1 Å². The first-order chi connectivity index (χ1) is 9.52. The fraction of sp³-hybridized carbons (Fsp3) is 0.533. The summed E-state index contributed by atoms with van der Waals surface area (Å²) in [5, 5.41) is 15.1. The third kappa shape index (κ3) is 6.30. The summed E-state index contributed by atoms with van der Waals surface area (Å²) < 4.78 is 0. The highest BCUT2D eigenvalue weighted by atomic mass is 32.2. The molecule has 0 fully saturated rings. The van der Waals surface area contributed by atoms with E-state index in [1.165, 1.54) is 0 Å². The zero-order valence-corrected chi connectivity index (χ0v) is 13.2. The highest BCUT2D eigenvalue weighted by Gasteiger charge is 2.07. The van der Waals surface area contributed by atoms with Crippen molar-refractivity contribution in [3.63, 3.8) is 0 Å². The minimum absolute atomic E-state index is 0.158. The van der Waals surface area contributed by atoms with Crippen LogP contribution in [0.2, 0.25) is 0 Å². The Morgan fingerprint density at radius 3 is 2.50 bits per heavy atom. The summed E-state index contributed by atoms with van der Waals surface area (Å²) in [5.41, 5.74) is 1.56. The van der Waals surface area contributed by atoms with Crippen LogP contribution in [0.5, 0.6) is 0 Å². The molecular formula is C15H24N2O2S. The zero-order chi connectivity index (χ0) is 15.0. The lowest BCUT2D eigenvalue weighted by atomic mass is 10.1. The smallest absolute Gasteiger partial charge is 0.319 e. The predicted octanol–water partition coefficient (Wildman–Crippen LogP) is 3.39. The van der Waals surface area contributed by atoms with Crippen molar-refractivity contribution in [1.29, 1.82) is 0 Å². The number of hydrogen-bond acceptors (Lipinski definition) is 3. The number of carbonyl (C=O) groups is 1. The van der Waals surface area contributed by atoms with Gasteiger partial charge in [0.1, 0.15) is 0 Å². The van der Waals surface area contributed by atoms with Gasteiger partial charge in [0.15, 0.2) is 0 Å². The lowest BCUT2D eigenvalue weighted by Crippen LogP contribution is -2.36. The molecular weight excluding hydrogens is 272 g/mol. The third-order valence-corrected chi connectivity index (χ3v) is 3.86. The first kappa shape index (κ1) is 16.9. The number of aliphatic hydroxyl groups excluding tert-OH is 1. The first-order valence-corrected chi connectivity index (χ1v) is 8.11. The standard InChI is InChI=1S/C15H24N2O2S/c1-4-20-10-9-11(2)16-15(19)17-14-7-5-13(6-8-14)12(3)18/h5-8,11-12,18H,4,9-10H2,1-3H3,(H2,16,17,19). The number of amides is 2. The van der Waals surface area contributed by atoms with E-state index in [1.807, 2.05) is 30.8 Å². The van der Waals surface area contributed by atoms with Crippen molar-refractivity contribution in [3.05, 3.63) is 29.8 Å². The van der Waals surface area contributed by atoms with E-state index in [4.69, 9.17) is 0 Å². The van der Waals surface area contributed by atoms with E-state index in [1.54, 1.807) is 19.1 Å². The van der Waals surface area contributed by atoms with E-state index in [0.717, 1.165) is 29.2 Å². The highest BCUT2D eigenvalue weighted by molar-refractivity contribution is 7.99. The molecule has 0 aliphatic rings. The van der Waals surface area contributed by atoms with Gasteiger partial charge in [0, 0.05) is 11.7 Å². The Morgan fingerprint density at radius 2 is 1.95 bits per heavy atom. The van der Waals surface area contributed by atoms with Crippen molar-refractivity contribution in [2.24, 2.45) is 0 Å². The van der Waals surface area contributed by atoms with Crippen molar-refractivity contribution >= 4 is 23.5 Å². The Kier molecular flexibility index (Phi) is 7.47. The quantitative estimate of drug-likeness (QED) is 0.676. The summed E-state index contributed by atoms with van der Waals surface area (Å²) in [4.78, 5) is 11.8. The van der Waals surface area contributed by atoms with Gasteiger partial charge in [-0.3, -0.25) is 0 Å². The van der Waals surface area contributed by atoms with Crippen LogP contribution < -0.4 is 10.6 Å². The van der Waals surface area contributed by atoms with Crippen molar-refractivity contribution < 1.29 is 9.90 Å². The minimum atomic E-state index is -0.492. The van der Waals surface area contributed by atoms with E-state index < -0.39 is 6.10 Å². The number of carbonyl (C=O) groups excluding carboxylic acids is 1. The maximum atomic E-state index is 11.8. The predicted molar refractivity (Wildman–Crippen MR) is 86.3 cm³/mol. The average molecular weight is 296 g/mol. The van der Waals surface area contributed by atoms with Gasteiger partial charge in [0.2, 0.25) is 0 Å². The van der Waals surface area contributed by atoms with Gasteiger partial charge in [-0.05, 0) is 49.5 Å². The number of benzene rings is 1. The second-order valence-corrected chi connectivity index (χ2v) is 6.18. The summed E-state index contributed by atoms with van der Waals surface area (Å²) >= 11 is 1.88. The van der Waals surface area contributed by atoms with Crippen LogP contribution in [0.4, 0.5) is 10.5 Å². The summed E-state index contributed by atoms with van der Waals surface area (Å²) in [5.74, 6) is 2.16. The van der Waals surface area contributed by atoms with Gasteiger partial charge in [0.25, 0.3) is 0 Å². The second-order valence-electron chi connectivity index (χ2n) is 4.78. The molecule has 0 aliphatic heterocycles. The topological polar surface area (TPSA) is 61.4 Å². The molecule has 1 aromatic rings. The van der Waals surface area contributed by atoms with Crippen LogP contribution in [-0.4, -0.2) is 28.7 Å². The summed E-state index contributed by atoms with van der Waals surface area (Å²) in [6, 6.07) is 7.16. The Hall–Kier alpha value is -1.20. The van der Waals surface area contributed by atoms with Crippen LogP contribution in [0.1, 0.15) is 38.9 Å². The molecule has 4 nitrogen and oxygen atoms in total. The van der Waals surface area contributed by atoms with E-state index >= 15 is 0 Å². The molecule has 0 spiro atoms. The second kappa shape index (κ2) is 8.87. The van der Waals surface area contributed by atoms with E-state index in [2.05, 4.69) is 17.6 Å². The molecule has 0 heterocycles. The molecule has 0 aromatic heterocycles. The summed E-state index contributed by atoms with van der Waals surface area (Å²) in [6.07, 6.45) is 0.473. The lowest BCUT2D eigenvalue weighted by Gasteiger charge is -2.14. The maximum Gasteiger partial charge on any atom is 0.319 e. The van der Waals surface area contributed by atoms with Gasteiger partial charge in [-0.2, -0.15) is 11.8 Å². The summed E-state index contributed by atoms with van der Waals surface area (Å²) in [6.45, 7) is 5.85. The molecule has 112 valence electrons. The van der Waals surface area contributed by atoms with Crippen LogP contribution >= 0.6 is 11.8 Å². The maximum absolute atomic E-state index is 11.8. The molecule has 2 atom stereocenters.